The van der Waals surface area contributed by atoms with E-state index in [1.165, 1.54) is 115 Å². The second-order valence-electron chi connectivity index (χ2n) is 45.3. The molecular formula is C123H242N6O4S. The van der Waals surface area contributed by atoms with Crippen LogP contribution in [0.1, 0.15) is 470 Å². The van der Waals surface area contributed by atoms with Crippen molar-refractivity contribution in [1.82, 2.24) is 15.0 Å². The van der Waals surface area contributed by atoms with Crippen molar-refractivity contribution in [3.8, 4) is 0 Å². The van der Waals surface area contributed by atoms with Gasteiger partial charge in [-0.25, -0.2) is 4.98 Å². The first-order valence-corrected chi connectivity index (χ1v) is 55.3. The standard InChI is InChI=1S/C12H15N.C11H16.C10H14.C8H18N2.C7H12N2.C7H17N.2C7H14O.2C7H16.2C6H12O.C6H14S.2C6H14.2C5H12/c1-9(2)7-10-8-13-12-6-4-3-5-11(10)12;1-9(2)8-11-6-4-10(3)5-7-11;1-9(2)8-10-6-4-3-5-7-10;1-7(2)5-4-6-10-8(3)9;1-6(2)3-7-4-8-5-9-7;1-7(2)5-3-4-6-8;2*1-6(2)4-5-7(3)8;1-6(2)5-7(3)4;1-5-7(4)6(2)3;2*1-5(2)4-6(3)7;1-6(2)4-5-7-3;2*1-5(2)6(3)4;2*1-4-5(2)3/h3-6,8-9,13H,7H2,1-2H3;4-7,9H,8H2,1-3H3;3-7,9H,8H2,1-2H3;7H,4-6H2,1-3H3,(H2,9,10);4-6H,3H2,1-2H3,(H,8,9);7H,3-6,8H2,1-2H3;2*6H,4-5H2,1-3H3;2*6-7H,5H2,1-4H3;2*5H,4H2,1-3H3;6H,4-5H2,1-3H3;2*5-6H,1-4H3;2*5H,4H2,1-3H3. The maximum absolute atomic E-state index is 10.3. The fourth-order valence-electron chi connectivity index (χ4n) is 10.2. The van der Waals surface area contributed by atoms with Crippen LogP contribution in [0.5, 0.6) is 0 Å². The van der Waals surface area contributed by atoms with E-state index >= 15 is 0 Å². The molecule has 0 amide bonds. The van der Waals surface area contributed by atoms with Gasteiger partial charge in [0.15, 0.2) is 0 Å². The van der Waals surface area contributed by atoms with Crippen LogP contribution < -0.4 is 11.5 Å². The summed E-state index contributed by atoms with van der Waals surface area (Å²) >= 11 is 1.93. The zero-order valence-corrected chi connectivity index (χ0v) is 101. The van der Waals surface area contributed by atoms with Crippen LogP contribution in [0.15, 0.2) is 103 Å². The predicted molar refractivity (Wildman–Crippen MR) is 618 cm³/mol. The number of fused-ring (bicyclic) bond motifs is 1. The molecule has 3 aromatic carbocycles. The number of amidine groups is 1. The molecule has 5 rings (SSSR count). The number of thioether (sulfide) groups is 1. The van der Waals surface area contributed by atoms with Gasteiger partial charge in [0.2, 0.25) is 0 Å². The van der Waals surface area contributed by atoms with Gasteiger partial charge in [-0.3, -0.25) is 4.99 Å². The summed E-state index contributed by atoms with van der Waals surface area (Å²) in [5, 5.41) is 1.37. The van der Waals surface area contributed by atoms with Crippen LogP contribution >= 0.6 is 11.8 Å². The number of hydrogen-bond donors (Lipinski definition) is 4. The lowest BCUT2D eigenvalue weighted by Crippen LogP contribution is -2.06. The number of para-hydroxylation sites is 1. The number of aliphatic imine (C=N–C) groups is 1. The van der Waals surface area contributed by atoms with Gasteiger partial charge in [-0.15, -0.1) is 0 Å². The number of nitrogens with two attached hydrogens (primary N) is 2. The molecule has 2 heterocycles. The Morgan fingerprint density at radius 1 is 0.373 bits per heavy atom. The number of aryl methyl sites for hydroxylation is 1. The Kier molecular flexibility index (Phi) is 125. The highest BCUT2D eigenvalue weighted by Gasteiger charge is 2.07. The van der Waals surface area contributed by atoms with E-state index in [1.807, 2.05) is 52.6 Å². The summed E-state index contributed by atoms with van der Waals surface area (Å²) in [5.41, 5.74) is 18.8. The van der Waals surface area contributed by atoms with Gasteiger partial charge in [-0.2, -0.15) is 11.8 Å². The lowest BCUT2D eigenvalue weighted by molar-refractivity contribution is -0.118. The maximum atomic E-state index is 10.3. The zero-order valence-electron chi connectivity index (χ0n) is 99.7. The molecule has 11 heteroatoms. The van der Waals surface area contributed by atoms with E-state index in [1.54, 1.807) is 34.0 Å². The Labute approximate surface area is 846 Å². The van der Waals surface area contributed by atoms with Gasteiger partial charge in [-0.05, 0) is 278 Å². The van der Waals surface area contributed by atoms with Gasteiger partial charge in [0, 0.05) is 61.2 Å². The molecule has 0 saturated carbocycles. The third-order valence-corrected chi connectivity index (χ3v) is 21.4. The van der Waals surface area contributed by atoms with E-state index in [0.29, 0.717) is 47.0 Å². The van der Waals surface area contributed by atoms with Crippen molar-refractivity contribution in [3.63, 3.8) is 0 Å². The first-order chi connectivity index (χ1) is 61.8. The number of carbonyl (C=O) groups excluding carboxylic acids is 4. The Morgan fingerprint density at radius 2 is 0.731 bits per heavy atom. The van der Waals surface area contributed by atoms with Gasteiger partial charge in [0.05, 0.1) is 12.2 Å². The average Bonchev–Trinajstić information content (AvgIpc) is 1.69. The van der Waals surface area contributed by atoms with Crippen LogP contribution in [0.4, 0.5) is 0 Å². The number of hydrogen-bond acceptors (Lipinski definition) is 8. The summed E-state index contributed by atoms with van der Waals surface area (Å²) in [6, 6.07) is 27.9. The van der Waals surface area contributed by atoms with E-state index in [-0.39, 0.29) is 11.6 Å². The number of Topliss-reactive ketones (excluding diaryl/α,β-unsaturated/α-hetero) is 4. The number of nitrogens with one attached hydrogen (secondary N) is 2. The molecule has 2 aromatic heterocycles. The zero-order chi connectivity index (χ0) is 107. The highest BCUT2D eigenvalue weighted by Crippen LogP contribution is 2.21. The van der Waals surface area contributed by atoms with Crippen LogP contribution in [0.2, 0.25) is 0 Å². The second-order valence-corrected chi connectivity index (χ2v) is 46.3. The van der Waals surface area contributed by atoms with Crippen LogP contribution in [0.3, 0.4) is 0 Å². The maximum Gasteiger partial charge on any atom is 0.130 e. The fourth-order valence-corrected chi connectivity index (χ4v) is 10.9. The number of nitrogens with zero attached hydrogens (tertiary/aromatic N) is 2. The fraction of sp³-hybridized carbons (Fsp3) is 0.772. The van der Waals surface area contributed by atoms with E-state index in [4.69, 9.17) is 11.5 Å². The van der Waals surface area contributed by atoms with Gasteiger partial charge in [0.25, 0.3) is 0 Å². The topological polar surface area (TPSA) is 177 Å². The number of rotatable bonds is 37. The van der Waals surface area contributed by atoms with E-state index < -0.39 is 0 Å². The van der Waals surface area contributed by atoms with E-state index in [0.717, 1.165) is 166 Å². The summed E-state index contributed by atoms with van der Waals surface area (Å²) in [7, 11) is 0. The molecule has 0 fully saturated rings. The minimum absolute atomic E-state index is 0.287. The minimum atomic E-state index is 0.287. The van der Waals surface area contributed by atoms with Crippen LogP contribution in [-0.2, 0) is 44.9 Å². The Balaban J connectivity index is -0.000000119. The van der Waals surface area contributed by atoms with Gasteiger partial charge >= 0.3 is 0 Å². The molecule has 1 unspecified atom stereocenters. The number of aromatic amines is 2. The molecule has 0 aliphatic rings. The monoisotopic (exact) mass is 1900 g/mol. The van der Waals surface area contributed by atoms with Gasteiger partial charge in [0.1, 0.15) is 23.1 Å². The normalized spacial score (nSPS) is 10.8. The Bertz CT molecular complexity index is 3070. The van der Waals surface area contributed by atoms with E-state index in [2.05, 4.69) is 395 Å². The number of ketones is 4. The molecule has 0 bridgehead atoms. The SMILES string of the molecule is CC(=O)CC(C)C.CC(=O)CC(C)C.CC(=O)CCC(C)C.CC(=O)CCC(C)C.CC(C)C(C)C.CC(C)C(C)C.CC(C)CC(C)C.CC(C)CCCCN.CC(C)Cc1c[nH]c2ccccc12.CC(C)Cc1ccccc1.CC(C)Cc1cnc[nH]1.CC(N)=NCCCC(C)C.CCC(C)C.CCC(C)C.CCC(C)C(C)C.CSCCC(C)C.Cc1ccc(CC(C)C)cc1. The Morgan fingerprint density at radius 3 is 0.970 bits per heavy atom. The number of imidazole rings is 1. The van der Waals surface area contributed by atoms with E-state index in [9.17, 15) is 19.2 Å². The van der Waals surface area contributed by atoms with Crippen molar-refractivity contribution in [2.75, 3.05) is 25.1 Å². The predicted octanol–water partition coefficient (Wildman–Crippen LogP) is 38.4. The first-order valence-electron chi connectivity index (χ1n) is 53.9. The van der Waals surface area contributed by atoms with Crippen molar-refractivity contribution in [3.05, 3.63) is 126 Å². The lowest BCUT2D eigenvalue weighted by Gasteiger charge is -2.10. The first kappa shape index (κ1) is 154. The lowest BCUT2D eigenvalue weighted by atomic mass is 9.96. The molecule has 5 aromatic rings. The van der Waals surface area contributed by atoms with Crippen LogP contribution in [-0.4, -0.2) is 69.0 Å². The number of unbranched alkanes of at least 4 members (excludes halogenated alkanes) is 1. The number of carbonyl (C=O) groups is 4. The van der Waals surface area contributed by atoms with Gasteiger partial charge < -0.3 is 40.6 Å². The van der Waals surface area contributed by atoms with Crippen LogP contribution in [0, 0.1) is 131 Å². The summed E-state index contributed by atoms with van der Waals surface area (Å²) < 4.78 is 0. The summed E-state index contributed by atoms with van der Waals surface area (Å²) in [5.74, 6) is 19.8. The molecule has 10 nitrogen and oxygen atoms in total. The number of benzene rings is 3. The highest BCUT2D eigenvalue weighted by atomic mass is 32.2. The summed E-state index contributed by atoms with van der Waals surface area (Å²) in [6.45, 7) is 110. The quantitative estimate of drug-likeness (QED) is 0.0172. The molecule has 794 valence electrons. The van der Waals surface area contributed by atoms with Crippen molar-refractivity contribution in [2.45, 2.75) is 475 Å². The third-order valence-electron chi connectivity index (χ3n) is 20.7. The van der Waals surface area contributed by atoms with Crippen molar-refractivity contribution >= 4 is 51.6 Å². The largest absolute Gasteiger partial charge is 0.388 e. The smallest absolute Gasteiger partial charge is 0.130 e. The molecular weight excluding hydrogens is 1660 g/mol. The van der Waals surface area contributed by atoms with Crippen LogP contribution in [0.25, 0.3) is 10.9 Å². The third kappa shape index (κ3) is 161. The summed E-state index contributed by atoms with van der Waals surface area (Å²) in [4.78, 5) is 55.6. The molecule has 6 N–H and O–H groups in total. The van der Waals surface area contributed by atoms with Crippen molar-refractivity contribution in [2.24, 2.45) is 141 Å². The molecule has 0 aliphatic heterocycles. The van der Waals surface area contributed by atoms with Crippen molar-refractivity contribution in [1.29, 1.82) is 0 Å². The molecule has 0 radical (unpaired) electrons. The summed E-state index contributed by atoms with van der Waals surface area (Å²) in [6.07, 6.45) is 30.4. The molecule has 0 aliphatic carbocycles. The van der Waals surface area contributed by atoms with Crippen molar-refractivity contribution < 1.29 is 19.2 Å². The molecule has 1 atom stereocenters. The second kappa shape index (κ2) is 108. The molecule has 134 heavy (non-hydrogen) atoms. The molecule has 0 spiro atoms. The van der Waals surface area contributed by atoms with Gasteiger partial charge in [-0.1, -0.05) is 415 Å². The minimum Gasteiger partial charge on any atom is -0.388 e. The Hall–Kier alpha value is -5.13. The average molecular weight is 1900 g/mol. The molecule has 0 saturated heterocycles. The number of aromatic nitrogens is 3. The number of H-pyrrole nitrogens is 2. The highest BCUT2D eigenvalue weighted by molar-refractivity contribution is 7.98.